The van der Waals surface area contributed by atoms with Gasteiger partial charge in [0.05, 0.1) is 27.4 Å². The van der Waals surface area contributed by atoms with Gasteiger partial charge in [0, 0.05) is 6.54 Å². The number of amidine groups is 1. The van der Waals surface area contributed by atoms with Crippen molar-refractivity contribution in [2.24, 2.45) is 4.99 Å². The summed E-state index contributed by atoms with van der Waals surface area (Å²) in [4.78, 5) is 19.6. The fourth-order valence-corrected chi connectivity index (χ4v) is 4.64. The highest BCUT2D eigenvalue weighted by molar-refractivity contribution is 14.1. The maximum absolute atomic E-state index is 13.2. The smallest absolute Gasteiger partial charge is 0.266 e. The standard InChI is InChI=1S/C22H22FIN2O3S/c1-5-26-21(27)19(30-22(26)25-16-8-6-15(23)7-9-16)12-14-10-17(24)20(29-13(2)3)18(11-14)28-4/h6-13H,5H2,1-4H3/b19-12+,25-22?. The summed E-state index contributed by atoms with van der Waals surface area (Å²) in [7, 11) is 1.59. The number of amides is 1. The number of methoxy groups -OCH3 is 1. The number of carbonyl (C=O) groups is 1. The summed E-state index contributed by atoms with van der Waals surface area (Å²) in [5.74, 6) is 0.871. The molecule has 1 fully saturated rings. The molecule has 5 nitrogen and oxygen atoms in total. The molecule has 1 heterocycles. The Hall–Kier alpha value is -2.07. The highest BCUT2D eigenvalue weighted by atomic mass is 127. The van der Waals surface area contributed by atoms with Gasteiger partial charge in [-0.05, 0) is 103 Å². The predicted octanol–water partition coefficient (Wildman–Crippen LogP) is 5.85. The molecule has 30 heavy (non-hydrogen) atoms. The third kappa shape index (κ3) is 5.15. The number of carbonyl (C=O) groups excluding carboxylic acids is 1. The molecule has 2 aromatic rings. The Labute approximate surface area is 193 Å². The Morgan fingerprint density at radius 1 is 1.27 bits per heavy atom. The Kier molecular flexibility index (Phi) is 7.41. The number of nitrogens with zero attached hydrogens (tertiary/aromatic N) is 2. The summed E-state index contributed by atoms with van der Waals surface area (Å²) < 4.78 is 25.4. The Bertz CT molecular complexity index is 1010. The number of rotatable bonds is 6. The summed E-state index contributed by atoms with van der Waals surface area (Å²) in [6.07, 6.45) is 1.85. The zero-order valence-corrected chi connectivity index (χ0v) is 20.1. The number of aliphatic imine (C=N–C) groups is 1. The second-order valence-corrected chi connectivity index (χ2v) is 8.90. The zero-order valence-electron chi connectivity index (χ0n) is 17.1. The van der Waals surface area contributed by atoms with E-state index in [9.17, 15) is 9.18 Å². The largest absolute Gasteiger partial charge is 0.493 e. The van der Waals surface area contributed by atoms with Crippen LogP contribution in [0.4, 0.5) is 10.1 Å². The first-order valence-electron chi connectivity index (χ1n) is 9.42. The van der Waals surface area contributed by atoms with E-state index in [1.807, 2.05) is 39.0 Å². The van der Waals surface area contributed by atoms with Crippen LogP contribution in [-0.2, 0) is 4.79 Å². The summed E-state index contributed by atoms with van der Waals surface area (Å²) in [6, 6.07) is 9.68. The maximum atomic E-state index is 13.2. The van der Waals surface area contributed by atoms with Crippen molar-refractivity contribution in [2.45, 2.75) is 26.9 Å². The molecule has 0 spiro atoms. The first-order chi connectivity index (χ1) is 14.3. The number of ether oxygens (including phenoxy) is 2. The van der Waals surface area contributed by atoms with Crippen LogP contribution in [0.1, 0.15) is 26.3 Å². The third-order valence-electron chi connectivity index (χ3n) is 4.16. The summed E-state index contributed by atoms with van der Waals surface area (Å²) >= 11 is 3.50. The first-order valence-corrected chi connectivity index (χ1v) is 11.3. The Morgan fingerprint density at radius 2 is 1.97 bits per heavy atom. The van der Waals surface area contributed by atoms with Crippen LogP contribution in [0, 0.1) is 9.39 Å². The van der Waals surface area contributed by atoms with E-state index in [4.69, 9.17) is 9.47 Å². The highest BCUT2D eigenvalue weighted by Gasteiger charge is 2.32. The molecule has 3 rings (SSSR count). The molecule has 0 unspecified atom stereocenters. The summed E-state index contributed by atoms with van der Waals surface area (Å²) in [5, 5.41) is 0.571. The topological polar surface area (TPSA) is 51.1 Å². The molecule has 0 saturated carbocycles. The van der Waals surface area contributed by atoms with Gasteiger partial charge in [-0.25, -0.2) is 9.38 Å². The van der Waals surface area contributed by atoms with Crippen molar-refractivity contribution in [1.82, 2.24) is 4.90 Å². The lowest BCUT2D eigenvalue weighted by Gasteiger charge is -2.16. The molecule has 2 aromatic carbocycles. The number of likely N-dealkylation sites (N-methyl/N-ethyl adjacent to an activating group) is 1. The maximum Gasteiger partial charge on any atom is 0.266 e. The predicted molar refractivity (Wildman–Crippen MR) is 128 cm³/mol. The van der Waals surface area contributed by atoms with Crippen molar-refractivity contribution in [3.8, 4) is 11.5 Å². The van der Waals surface area contributed by atoms with Crippen LogP contribution < -0.4 is 9.47 Å². The van der Waals surface area contributed by atoms with E-state index in [1.54, 1.807) is 24.1 Å². The normalized spacial score (nSPS) is 16.8. The molecule has 1 amide bonds. The van der Waals surface area contributed by atoms with Crippen LogP contribution in [0.15, 0.2) is 46.3 Å². The van der Waals surface area contributed by atoms with Gasteiger partial charge < -0.3 is 9.47 Å². The molecular weight excluding hydrogens is 518 g/mol. The quantitative estimate of drug-likeness (QED) is 0.341. The van der Waals surface area contributed by atoms with Crippen LogP contribution in [0.25, 0.3) is 6.08 Å². The van der Waals surface area contributed by atoms with Crippen molar-refractivity contribution in [3.63, 3.8) is 0 Å². The van der Waals surface area contributed by atoms with Gasteiger partial charge in [0.25, 0.3) is 5.91 Å². The Balaban J connectivity index is 1.94. The lowest BCUT2D eigenvalue weighted by molar-refractivity contribution is -0.122. The Morgan fingerprint density at radius 3 is 2.57 bits per heavy atom. The van der Waals surface area contributed by atoms with Gasteiger partial charge in [0.15, 0.2) is 16.7 Å². The van der Waals surface area contributed by atoms with Gasteiger partial charge in [0.2, 0.25) is 0 Å². The van der Waals surface area contributed by atoms with Gasteiger partial charge in [-0.2, -0.15) is 0 Å². The molecule has 0 N–H and O–H groups in total. The van der Waals surface area contributed by atoms with E-state index < -0.39 is 0 Å². The number of hydrogen-bond acceptors (Lipinski definition) is 5. The third-order valence-corrected chi connectivity index (χ3v) is 5.97. The van der Waals surface area contributed by atoms with E-state index in [2.05, 4.69) is 27.6 Å². The lowest BCUT2D eigenvalue weighted by Crippen LogP contribution is -2.28. The lowest BCUT2D eigenvalue weighted by atomic mass is 10.2. The van der Waals surface area contributed by atoms with E-state index in [0.717, 1.165) is 9.13 Å². The minimum atomic E-state index is -0.324. The molecule has 8 heteroatoms. The van der Waals surface area contributed by atoms with E-state index in [0.29, 0.717) is 33.8 Å². The van der Waals surface area contributed by atoms with Crippen molar-refractivity contribution in [3.05, 3.63) is 56.3 Å². The second-order valence-electron chi connectivity index (χ2n) is 6.73. The van der Waals surface area contributed by atoms with E-state index >= 15 is 0 Å². The number of thioether (sulfide) groups is 1. The molecule has 1 aliphatic rings. The van der Waals surface area contributed by atoms with Crippen molar-refractivity contribution < 1.29 is 18.7 Å². The molecule has 1 saturated heterocycles. The van der Waals surface area contributed by atoms with Crippen LogP contribution in [0.5, 0.6) is 11.5 Å². The van der Waals surface area contributed by atoms with Gasteiger partial charge in [0.1, 0.15) is 5.82 Å². The molecular formula is C22H22FIN2O3S. The van der Waals surface area contributed by atoms with Crippen molar-refractivity contribution >= 4 is 57.2 Å². The van der Waals surface area contributed by atoms with E-state index in [-0.39, 0.29) is 17.8 Å². The number of benzene rings is 2. The fourth-order valence-electron chi connectivity index (χ4n) is 2.82. The van der Waals surface area contributed by atoms with Gasteiger partial charge in [-0.3, -0.25) is 9.69 Å². The molecule has 1 aliphatic heterocycles. The second kappa shape index (κ2) is 9.82. The first kappa shape index (κ1) is 22.6. The minimum Gasteiger partial charge on any atom is -0.493 e. The molecule has 0 aliphatic carbocycles. The molecule has 0 atom stereocenters. The average Bonchev–Trinajstić information content (AvgIpc) is 2.99. The zero-order chi connectivity index (χ0) is 21.8. The molecule has 0 radical (unpaired) electrons. The highest BCUT2D eigenvalue weighted by Crippen LogP contribution is 2.38. The number of hydrogen-bond donors (Lipinski definition) is 0. The molecule has 0 aromatic heterocycles. The van der Waals surface area contributed by atoms with Crippen LogP contribution >= 0.6 is 34.4 Å². The molecule has 158 valence electrons. The summed E-state index contributed by atoms with van der Waals surface area (Å²) in [6.45, 7) is 6.30. The van der Waals surface area contributed by atoms with Gasteiger partial charge in [-0.15, -0.1) is 0 Å². The van der Waals surface area contributed by atoms with Crippen LogP contribution in [-0.4, -0.2) is 35.7 Å². The van der Waals surface area contributed by atoms with Crippen molar-refractivity contribution in [2.75, 3.05) is 13.7 Å². The summed E-state index contributed by atoms with van der Waals surface area (Å²) in [5.41, 5.74) is 1.43. The monoisotopic (exact) mass is 540 g/mol. The van der Waals surface area contributed by atoms with Gasteiger partial charge >= 0.3 is 0 Å². The van der Waals surface area contributed by atoms with Crippen LogP contribution in [0.2, 0.25) is 0 Å². The van der Waals surface area contributed by atoms with Crippen LogP contribution in [0.3, 0.4) is 0 Å². The minimum absolute atomic E-state index is 0.0203. The average molecular weight is 540 g/mol. The fraction of sp³-hybridized carbons (Fsp3) is 0.273. The SMILES string of the molecule is CCN1C(=O)/C(=C\c2cc(I)c(OC(C)C)c(OC)c2)SC1=Nc1ccc(F)cc1. The number of halogens is 2. The molecule has 0 bridgehead atoms. The van der Waals surface area contributed by atoms with E-state index in [1.165, 1.54) is 23.9 Å². The van der Waals surface area contributed by atoms with Crippen molar-refractivity contribution in [1.29, 1.82) is 0 Å². The van der Waals surface area contributed by atoms with Gasteiger partial charge in [-0.1, -0.05) is 0 Å².